The van der Waals surface area contributed by atoms with Crippen molar-refractivity contribution in [1.29, 1.82) is 0 Å². The second kappa shape index (κ2) is 6.28. The smallest absolute Gasteiger partial charge is 0.250 e. The van der Waals surface area contributed by atoms with Gasteiger partial charge in [-0.15, -0.1) is 0 Å². The molecule has 1 amide bonds. The van der Waals surface area contributed by atoms with Crippen LogP contribution in [0.3, 0.4) is 0 Å². The van der Waals surface area contributed by atoms with Crippen LogP contribution in [0.15, 0.2) is 53.5 Å². The highest BCUT2D eigenvalue weighted by Crippen LogP contribution is 2.32. The van der Waals surface area contributed by atoms with E-state index in [1.54, 1.807) is 18.3 Å². The molecule has 120 valence electrons. The molecular weight excluding hydrogens is 290 g/mol. The molecule has 1 atom stereocenters. The van der Waals surface area contributed by atoms with Crippen molar-refractivity contribution in [2.24, 2.45) is 5.92 Å². The van der Waals surface area contributed by atoms with Gasteiger partial charge in [0.05, 0.1) is 11.4 Å². The van der Waals surface area contributed by atoms with E-state index in [2.05, 4.69) is 11.8 Å². The van der Waals surface area contributed by atoms with Gasteiger partial charge in [0.15, 0.2) is 0 Å². The number of carbonyl (C=O) groups is 1. The van der Waals surface area contributed by atoms with Crippen LogP contribution in [-0.4, -0.2) is 30.6 Å². The molecule has 0 radical (unpaired) electrons. The van der Waals surface area contributed by atoms with Gasteiger partial charge in [0.2, 0.25) is 5.91 Å². The first-order chi connectivity index (χ1) is 11.1. The molecule has 5 heteroatoms. The minimum absolute atomic E-state index is 0.0600. The summed E-state index contributed by atoms with van der Waals surface area (Å²) in [6.45, 7) is 3.75. The molecule has 0 bridgehead atoms. The molecule has 3 rings (SSSR count). The van der Waals surface area contributed by atoms with Crippen molar-refractivity contribution in [3.8, 4) is 0 Å². The highest BCUT2D eigenvalue weighted by atomic mass is 16.2. The minimum Gasteiger partial charge on any atom is -0.373 e. The van der Waals surface area contributed by atoms with Gasteiger partial charge in [-0.3, -0.25) is 9.59 Å². The molecule has 1 aliphatic rings. The summed E-state index contributed by atoms with van der Waals surface area (Å²) in [6.07, 6.45) is 1.65. The SMILES string of the molecule is C[C@@H]1CN(C)c2ccccc2N(C(=O)Cn2ccccc2=O)C1. The van der Waals surface area contributed by atoms with Gasteiger partial charge in [0.1, 0.15) is 6.54 Å². The van der Waals surface area contributed by atoms with Crippen molar-refractivity contribution in [3.63, 3.8) is 0 Å². The Morgan fingerprint density at radius 1 is 1.09 bits per heavy atom. The lowest BCUT2D eigenvalue weighted by atomic mass is 10.1. The predicted octanol–water partition coefficient (Wildman–Crippen LogP) is 1.97. The maximum Gasteiger partial charge on any atom is 0.250 e. The second-order valence-corrected chi connectivity index (χ2v) is 6.15. The second-order valence-electron chi connectivity index (χ2n) is 6.15. The number of rotatable bonds is 2. The number of hydrogen-bond acceptors (Lipinski definition) is 3. The van der Waals surface area contributed by atoms with Gasteiger partial charge in [-0.05, 0) is 24.1 Å². The van der Waals surface area contributed by atoms with Crippen LogP contribution in [0, 0.1) is 5.92 Å². The Bertz CT molecular complexity index is 769. The molecule has 0 N–H and O–H groups in total. The average Bonchev–Trinajstić information content (AvgIpc) is 2.66. The normalized spacial score (nSPS) is 17.6. The Labute approximate surface area is 135 Å². The van der Waals surface area contributed by atoms with Crippen LogP contribution in [0.25, 0.3) is 0 Å². The summed E-state index contributed by atoms with van der Waals surface area (Å²) < 4.78 is 1.45. The molecule has 0 fully saturated rings. The van der Waals surface area contributed by atoms with E-state index in [4.69, 9.17) is 0 Å². The van der Waals surface area contributed by atoms with E-state index < -0.39 is 0 Å². The summed E-state index contributed by atoms with van der Waals surface area (Å²) in [5.74, 6) is 0.289. The van der Waals surface area contributed by atoms with Crippen LogP contribution >= 0.6 is 0 Å². The lowest BCUT2D eigenvalue weighted by Crippen LogP contribution is -2.38. The largest absolute Gasteiger partial charge is 0.373 e. The fourth-order valence-corrected chi connectivity index (χ4v) is 3.11. The van der Waals surface area contributed by atoms with Crippen molar-refractivity contribution >= 4 is 17.3 Å². The highest BCUT2D eigenvalue weighted by Gasteiger charge is 2.26. The third kappa shape index (κ3) is 3.13. The Morgan fingerprint density at radius 3 is 2.52 bits per heavy atom. The van der Waals surface area contributed by atoms with Crippen molar-refractivity contribution in [1.82, 2.24) is 4.57 Å². The predicted molar refractivity (Wildman–Crippen MR) is 91.9 cm³/mol. The third-order valence-corrected chi connectivity index (χ3v) is 4.17. The zero-order valence-electron chi connectivity index (χ0n) is 13.5. The van der Waals surface area contributed by atoms with E-state index in [0.717, 1.165) is 17.9 Å². The molecule has 1 aliphatic heterocycles. The van der Waals surface area contributed by atoms with E-state index in [0.29, 0.717) is 12.5 Å². The van der Waals surface area contributed by atoms with Crippen LogP contribution in [0.5, 0.6) is 0 Å². The van der Waals surface area contributed by atoms with Crippen molar-refractivity contribution in [2.45, 2.75) is 13.5 Å². The number of anilines is 2. The van der Waals surface area contributed by atoms with Gasteiger partial charge in [-0.2, -0.15) is 0 Å². The Kier molecular flexibility index (Phi) is 4.19. The molecule has 2 heterocycles. The maximum atomic E-state index is 12.8. The van der Waals surface area contributed by atoms with Crippen molar-refractivity contribution < 1.29 is 4.79 Å². The third-order valence-electron chi connectivity index (χ3n) is 4.17. The van der Waals surface area contributed by atoms with E-state index in [1.807, 2.05) is 36.2 Å². The van der Waals surface area contributed by atoms with E-state index in [-0.39, 0.29) is 18.0 Å². The van der Waals surface area contributed by atoms with Crippen molar-refractivity contribution in [2.75, 3.05) is 29.9 Å². The van der Waals surface area contributed by atoms with E-state index in [1.165, 1.54) is 10.6 Å². The number of carbonyl (C=O) groups excluding carboxylic acids is 1. The highest BCUT2D eigenvalue weighted by molar-refractivity contribution is 5.97. The van der Waals surface area contributed by atoms with Gasteiger partial charge >= 0.3 is 0 Å². The zero-order valence-corrected chi connectivity index (χ0v) is 13.5. The Morgan fingerprint density at radius 2 is 1.78 bits per heavy atom. The summed E-state index contributed by atoms with van der Waals surface area (Å²) in [5.41, 5.74) is 1.80. The summed E-state index contributed by atoms with van der Waals surface area (Å²) >= 11 is 0. The number of benzene rings is 1. The first-order valence-corrected chi connectivity index (χ1v) is 7.82. The molecule has 0 unspecified atom stereocenters. The molecule has 5 nitrogen and oxygen atoms in total. The topological polar surface area (TPSA) is 45.5 Å². The van der Waals surface area contributed by atoms with Crippen LogP contribution < -0.4 is 15.4 Å². The molecule has 1 aromatic carbocycles. The lowest BCUT2D eigenvalue weighted by Gasteiger charge is -2.24. The monoisotopic (exact) mass is 311 g/mol. The maximum absolute atomic E-state index is 12.8. The van der Waals surface area contributed by atoms with Crippen LogP contribution in [-0.2, 0) is 11.3 Å². The van der Waals surface area contributed by atoms with E-state index in [9.17, 15) is 9.59 Å². The zero-order chi connectivity index (χ0) is 16.4. The molecule has 2 aromatic rings. The minimum atomic E-state index is -0.158. The lowest BCUT2D eigenvalue weighted by molar-refractivity contribution is -0.119. The summed E-state index contributed by atoms with van der Waals surface area (Å²) in [6, 6.07) is 12.8. The molecular formula is C18H21N3O2. The van der Waals surface area contributed by atoms with Crippen molar-refractivity contribution in [3.05, 3.63) is 59.0 Å². The molecule has 0 spiro atoms. The Hall–Kier alpha value is -2.56. The van der Waals surface area contributed by atoms with Crippen LogP contribution in [0.4, 0.5) is 11.4 Å². The molecule has 1 aromatic heterocycles. The first-order valence-electron chi connectivity index (χ1n) is 7.82. The average molecular weight is 311 g/mol. The number of para-hydroxylation sites is 2. The number of pyridine rings is 1. The van der Waals surface area contributed by atoms with Gasteiger partial charge in [0.25, 0.3) is 5.56 Å². The standard InChI is InChI=1S/C18H21N3O2/c1-14-11-19(2)15-7-3-4-8-16(15)21(12-14)18(23)13-20-10-6-5-9-17(20)22/h3-10,14H,11-13H2,1-2H3/t14-/m1/s1. The first kappa shape index (κ1) is 15.3. The summed E-state index contributed by atoms with van der Waals surface area (Å²) in [5, 5.41) is 0. The Balaban J connectivity index is 1.94. The number of hydrogen-bond donors (Lipinski definition) is 0. The van der Waals surface area contributed by atoms with Gasteiger partial charge in [-0.1, -0.05) is 25.1 Å². The van der Waals surface area contributed by atoms with Crippen LogP contribution in [0.1, 0.15) is 6.92 Å². The van der Waals surface area contributed by atoms with Gasteiger partial charge in [0, 0.05) is 32.4 Å². The number of fused-ring (bicyclic) bond motifs is 1. The number of nitrogens with zero attached hydrogens (tertiary/aromatic N) is 3. The van der Waals surface area contributed by atoms with Gasteiger partial charge in [-0.25, -0.2) is 0 Å². The summed E-state index contributed by atoms with van der Waals surface area (Å²) in [4.78, 5) is 28.7. The quantitative estimate of drug-likeness (QED) is 0.852. The fraction of sp³-hybridized carbons (Fsp3) is 0.333. The number of aromatic nitrogens is 1. The van der Waals surface area contributed by atoms with Crippen LogP contribution in [0.2, 0.25) is 0 Å². The number of amides is 1. The fourth-order valence-electron chi connectivity index (χ4n) is 3.11. The van der Waals surface area contributed by atoms with E-state index >= 15 is 0 Å². The molecule has 0 saturated carbocycles. The molecule has 23 heavy (non-hydrogen) atoms. The molecule has 0 saturated heterocycles. The summed E-state index contributed by atoms with van der Waals surface area (Å²) in [7, 11) is 2.05. The van der Waals surface area contributed by atoms with Gasteiger partial charge < -0.3 is 14.4 Å². The molecule has 0 aliphatic carbocycles.